The largest absolute Gasteiger partial charge is 0.479 e. The summed E-state index contributed by atoms with van der Waals surface area (Å²) in [5, 5.41) is 18.6. The van der Waals surface area contributed by atoms with Crippen LogP contribution in [0.15, 0.2) is 11.1 Å². The molecule has 0 aliphatic heterocycles. The second-order valence-corrected chi connectivity index (χ2v) is 4.27. The number of aliphatic carboxylic acids is 1. The van der Waals surface area contributed by atoms with Crippen LogP contribution in [-0.4, -0.2) is 21.8 Å². The molecule has 2 rings (SSSR count). The van der Waals surface area contributed by atoms with Gasteiger partial charge < -0.3 is 10.2 Å². The van der Waals surface area contributed by atoms with Crippen LogP contribution in [-0.2, 0) is 4.79 Å². The quantitative estimate of drug-likeness (QED) is 0.633. The fraction of sp³-hybridized carbons (Fsp3) is 0.700. The Hall–Kier alpha value is -0.830. The van der Waals surface area contributed by atoms with E-state index in [0.717, 1.165) is 24.8 Å². The number of hydrogen-bond donors (Lipinski definition) is 2. The minimum absolute atomic E-state index is 0.607. The number of carbonyl (C=O) groups is 1. The molecule has 72 valence electrons. The molecule has 2 unspecified atom stereocenters. The Balaban J connectivity index is 2.32. The minimum Gasteiger partial charge on any atom is -0.479 e. The second kappa shape index (κ2) is 2.58. The lowest BCUT2D eigenvalue weighted by molar-refractivity contribution is -0.153. The summed E-state index contributed by atoms with van der Waals surface area (Å²) in [5.74, 6) is -0.515. The van der Waals surface area contributed by atoms with Gasteiger partial charge in [0.2, 0.25) is 0 Å². The molecule has 2 atom stereocenters. The number of hydrogen-bond acceptors (Lipinski definition) is 2. The first-order chi connectivity index (χ1) is 6.01. The van der Waals surface area contributed by atoms with Crippen LogP contribution >= 0.6 is 0 Å². The Kier molecular flexibility index (Phi) is 1.74. The first kappa shape index (κ1) is 8.75. The molecule has 0 radical (unpaired) electrons. The molecule has 0 aromatic heterocycles. The average Bonchev–Trinajstić information content (AvgIpc) is 2.63. The van der Waals surface area contributed by atoms with Gasteiger partial charge in [-0.1, -0.05) is 5.57 Å². The first-order valence-corrected chi connectivity index (χ1v) is 4.69. The Morgan fingerprint density at radius 2 is 2.23 bits per heavy atom. The molecule has 2 bridgehead atoms. The van der Waals surface area contributed by atoms with Crippen LogP contribution in [0.5, 0.6) is 0 Å². The van der Waals surface area contributed by atoms with E-state index in [1.165, 1.54) is 18.9 Å². The summed E-state index contributed by atoms with van der Waals surface area (Å²) < 4.78 is 0. The van der Waals surface area contributed by atoms with Gasteiger partial charge in [-0.15, -0.1) is 0 Å². The molecule has 0 amide bonds. The molecule has 1 fully saturated rings. The summed E-state index contributed by atoms with van der Waals surface area (Å²) in [6.07, 6.45) is 3.96. The summed E-state index contributed by atoms with van der Waals surface area (Å²) in [6.45, 7) is 1.39. The van der Waals surface area contributed by atoms with E-state index in [-0.39, 0.29) is 0 Å². The van der Waals surface area contributed by atoms with Crippen LogP contribution in [0.3, 0.4) is 0 Å². The van der Waals surface area contributed by atoms with Crippen LogP contribution in [0, 0.1) is 5.92 Å². The van der Waals surface area contributed by atoms with Gasteiger partial charge >= 0.3 is 5.97 Å². The number of carboxylic acids is 1. The molecule has 2 aliphatic rings. The van der Waals surface area contributed by atoms with Crippen molar-refractivity contribution in [3.63, 3.8) is 0 Å². The van der Waals surface area contributed by atoms with Crippen LogP contribution in [0.4, 0.5) is 0 Å². The number of allylic oxidation sites excluding steroid dienone is 1. The first-order valence-electron chi connectivity index (χ1n) is 4.69. The Labute approximate surface area is 77.1 Å². The molecule has 3 nitrogen and oxygen atoms in total. The van der Waals surface area contributed by atoms with E-state index < -0.39 is 11.6 Å². The van der Waals surface area contributed by atoms with Gasteiger partial charge in [-0.3, -0.25) is 0 Å². The van der Waals surface area contributed by atoms with Crippen LogP contribution in [0.1, 0.15) is 32.6 Å². The van der Waals surface area contributed by atoms with E-state index in [2.05, 4.69) is 0 Å². The fourth-order valence-corrected chi connectivity index (χ4v) is 2.48. The Morgan fingerprint density at radius 1 is 1.54 bits per heavy atom. The topological polar surface area (TPSA) is 57.5 Å². The summed E-state index contributed by atoms with van der Waals surface area (Å²) >= 11 is 0. The summed E-state index contributed by atoms with van der Waals surface area (Å²) in [5.41, 5.74) is 0.346. The maximum absolute atomic E-state index is 10.8. The Morgan fingerprint density at radius 3 is 2.62 bits per heavy atom. The van der Waals surface area contributed by atoms with Gasteiger partial charge in [-0.05, 0) is 44.1 Å². The van der Waals surface area contributed by atoms with E-state index in [1.807, 2.05) is 0 Å². The number of fused-ring (bicyclic) bond motifs is 2. The van der Waals surface area contributed by atoms with Crippen molar-refractivity contribution < 1.29 is 15.0 Å². The highest BCUT2D eigenvalue weighted by Crippen LogP contribution is 2.47. The van der Waals surface area contributed by atoms with E-state index in [1.54, 1.807) is 0 Å². The lowest BCUT2D eigenvalue weighted by atomic mass is 9.87. The fourth-order valence-electron chi connectivity index (χ4n) is 2.48. The summed E-state index contributed by atoms with van der Waals surface area (Å²) in [6, 6.07) is 0. The van der Waals surface area contributed by atoms with Crippen molar-refractivity contribution in [1.82, 2.24) is 0 Å². The average molecular weight is 182 g/mol. The third-order valence-corrected chi connectivity index (χ3v) is 3.31. The third-order valence-electron chi connectivity index (χ3n) is 3.31. The summed E-state index contributed by atoms with van der Waals surface area (Å²) in [4.78, 5) is 10.8. The van der Waals surface area contributed by atoms with Gasteiger partial charge in [0.25, 0.3) is 0 Å². The predicted molar refractivity (Wildman–Crippen MR) is 47.2 cm³/mol. The zero-order valence-corrected chi connectivity index (χ0v) is 7.71. The highest BCUT2D eigenvalue weighted by Gasteiger charge is 2.43. The number of rotatable bonds is 2. The normalized spacial score (nSPS) is 30.8. The van der Waals surface area contributed by atoms with E-state index in [0.29, 0.717) is 5.92 Å². The van der Waals surface area contributed by atoms with Gasteiger partial charge in [0.05, 0.1) is 0 Å². The number of aliphatic hydroxyl groups is 1. The van der Waals surface area contributed by atoms with Crippen LogP contribution in [0.2, 0.25) is 0 Å². The van der Waals surface area contributed by atoms with Gasteiger partial charge in [0.1, 0.15) is 0 Å². The molecule has 1 saturated carbocycles. The van der Waals surface area contributed by atoms with E-state index in [4.69, 9.17) is 5.11 Å². The standard InChI is InChI=1S/C10H14O3/c1-10(13,9(11)12)8-5-6-2-3-7(8)4-6/h6,13H,2-5H2,1H3,(H,11,12). The lowest BCUT2D eigenvalue weighted by Crippen LogP contribution is -2.37. The summed E-state index contributed by atoms with van der Waals surface area (Å²) in [7, 11) is 0. The highest BCUT2D eigenvalue weighted by molar-refractivity contribution is 5.81. The molecule has 0 saturated heterocycles. The zero-order chi connectivity index (χ0) is 9.64. The predicted octanol–water partition coefficient (Wildman–Crippen LogP) is 1.32. The molecule has 13 heavy (non-hydrogen) atoms. The molecule has 2 aliphatic carbocycles. The monoisotopic (exact) mass is 182 g/mol. The molecule has 0 heterocycles. The van der Waals surface area contributed by atoms with Gasteiger partial charge in [0, 0.05) is 0 Å². The number of carboxylic acid groups (broad SMARTS) is 1. The molecule has 0 aromatic carbocycles. The smallest absolute Gasteiger partial charge is 0.339 e. The highest BCUT2D eigenvalue weighted by atomic mass is 16.4. The molecular formula is C10H14O3. The Bertz CT molecular complexity index is 289. The van der Waals surface area contributed by atoms with Crippen LogP contribution in [0.25, 0.3) is 0 Å². The SMILES string of the molecule is CC(O)(C(=O)O)C1=C2CCC(C2)C1. The molecule has 3 heteroatoms. The maximum Gasteiger partial charge on any atom is 0.339 e. The van der Waals surface area contributed by atoms with E-state index >= 15 is 0 Å². The lowest BCUT2D eigenvalue weighted by Gasteiger charge is -2.24. The van der Waals surface area contributed by atoms with Crippen molar-refractivity contribution in [2.24, 2.45) is 5.92 Å². The maximum atomic E-state index is 10.8. The van der Waals surface area contributed by atoms with Gasteiger partial charge in [-0.2, -0.15) is 0 Å². The van der Waals surface area contributed by atoms with Crippen molar-refractivity contribution >= 4 is 5.97 Å². The van der Waals surface area contributed by atoms with Crippen molar-refractivity contribution in [1.29, 1.82) is 0 Å². The van der Waals surface area contributed by atoms with Crippen molar-refractivity contribution in [2.75, 3.05) is 0 Å². The van der Waals surface area contributed by atoms with Gasteiger partial charge in [0.15, 0.2) is 5.60 Å². The van der Waals surface area contributed by atoms with Crippen molar-refractivity contribution in [2.45, 2.75) is 38.2 Å². The molecule has 2 N–H and O–H groups in total. The molecular weight excluding hydrogens is 168 g/mol. The van der Waals surface area contributed by atoms with E-state index in [9.17, 15) is 9.90 Å². The zero-order valence-electron chi connectivity index (χ0n) is 7.71. The van der Waals surface area contributed by atoms with Crippen LogP contribution < -0.4 is 0 Å². The third kappa shape index (κ3) is 1.18. The second-order valence-electron chi connectivity index (χ2n) is 4.27. The van der Waals surface area contributed by atoms with Gasteiger partial charge in [-0.25, -0.2) is 4.79 Å². The molecule has 0 aromatic rings. The minimum atomic E-state index is -1.62. The molecule has 0 spiro atoms. The van der Waals surface area contributed by atoms with Crippen molar-refractivity contribution in [3.8, 4) is 0 Å². The van der Waals surface area contributed by atoms with Crippen molar-refractivity contribution in [3.05, 3.63) is 11.1 Å².